The molecule has 8 nitrogen and oxygen atoms in total. The molecule has 0 bridgehead atoms. The molecule has 0 spiro atoms. The maximum Gasteiger partial charge on any atom is 0.202 e. The van der Waals surface area contributed by atoms with Crippen molar-refractivity contribution < 1.29 is 39.2 Å². The molecule has 4 rings (SSSR count). The van der Waals surface area contributed by atoms with E-state index in [4.69, 9.17) is 9.47 Å². The van der Waals surface area contributed by atoms with Gasteiger partial charge >= 0.3 is 0 Å². The molecule has 0 saturated heterocycles. The zero-order chi connectivity index (χ0) is 22.0. The second kappa shape index (κ2) is 6.65. The number of aliphatic hydroxyl groups is 2. The van der Waals surface area contributed by atoms with Gasteiger partial charge in [0.2, 0.25) is 5.78 Å². The van der Waals surface area contributed by atoms with Crippen LogP contribution >= 0.6 is 0 Å². The van der Waals surface area contributed by atoms with Crippen molar-refractivity contribution in [3.05, 3.63) is 51.6 Å². The van der Waals surface area contributed by atoms with Gasteiger partial charge in [0, 0.05) is 29.5 Å². The van der Waals surface area contributed by atoms with Crippen molar-refractivity contribution in [2.45, 2.75) is 31.5 Å². The fourth-order valence-corrected chi connectivity index (χ4v) is 4.42. The first kappa shape index (κ1) is 20.1. The number of methoxy groups -OCH3 is 2. The van der Waals surface area contributed by atoms with Crippen LogP contribution in [0.5, 0.6) is 17.2 Å². The summed E-state index contributed by atoms with van der Waals surface area (Å²) in [5, 5.41) is 32.3. The third kappa shape index (κ3) is 2.50. The van der Waals surface area contributed by atoms with Crippen molar-refractivity contribution in [2.75, 3.05) is 14.2 Å². The zero-order valence-corrected chi connectivity index (χ0v) is 16.6. The van der Waals surface area contributed by atoms with Crippen LogP contribution in [0.25, 0.3) is 0 Å². The summed E-state index contributed by atoms with van der Waals surface area (Å²) < 4.78 is 10.7. The van der Waals surface area contributed by atoms with Crippen LogP contribution < -0.4 is 9.47 Å². The Labute approximate surface area is 171 Å². The van der Waals surface area contributed by atoms with Gasteiger partial charge in [-0.1, -0.05) is 12.1 Å². The van der Waals surface area contributed by atoms with E-state index in [9.17, 15) is 29.7 Å². The van der Waals surface area contributed by atoms with E-state index in [2.05, 4.69) is 0 Å². The van der Waals surface area contributed by atoms with E-state index >= 15 is 0 Å². The van der Waals surface area contributed by atoms with Crippen LogP contribution in [-0.2, 0) is 11.2 Å². The highest BCUT2D eigenvalue weighted by Gasteiger charge is 2.47. The Morgan fingerprint density at radius 2 is 1.80 bits per heavy atom. The molecule has 2 atom stereocenters. The van der Waals surface area contributed by atoms with Gasteiger partial charge in [0.1, 0.15) is 22.8 Å². The molecule has 0 heterocycles. The van der Waals surface area contributed by atoms with Gasteiger partial charge in [0.05, 0.1) is 37.0 Å². The number of phenolic OH excluding ortho intramolecular Hbond substituents is 1. The van der Waals surface area contributed by atoms with Gasteiger partial charge < -0.3 is 24.8 Å². The van der Waals surface area contributed by atoms with Crippen molar-refractivity contribution in [1.82, 2.24) is 0 Å². The normalized spacial score (nSPS) is 22.1. The first-order valence-corrected chi connectivity index (χ1v) is 9.29. The number of hydrogen-bond donors (Lipinski definition) is 3. The molecule has 3 N–H and O–H groups in total. The minimum atomic E-state index is -1.89. The molecule has 0 aromatic heterocycles. The zero-order valence-electron chi connectivity index (χ0n) is 16.6. The topological polar surface area (TPSA) is 130 Å². The molecular formula is C22H20O8. The van der Waals surface area contributed by atoms with Crippen molar-refractivity contribution in [1.29, 1.82) is 0 Å². The minimum absolute atomic E-state index is 0.0142. The Morgan fingerprint density at radius 1 is 1.10 bits per heavy atom. The SMILES string of the molecule is COc1cccc2c1C(=O)c1c(O)c3c(c(OC)c1C2=O)C[C@@](O)(C(C)=O)C[C@@H]3O. The van der Waals surface area contributed by atoms with Crippen molar-refractivity contribution >= 4 is 17.3 Å². The van der Waals surface area contributed by atoms with Gasteiger partial charge in [-0.05, 0) is 13.0 Å². The Balaban J connectivity index is 2.07. The Hall–Kier alpha value is -3.23. The highest BCUT2D eigenvalue weighted by atomic mass is 16.5. The lowest BCUT2D eigenvalue weighted by Gasteiger charge is -2.37. The third-order valence-corrected chi connectivity index (χ3v) is 5.93. The van der Waals surface area contributed by atoms with E-state index in [1.54, 1.807) is 6.07 Å². The molecular weight excluding hydrogens is 392 g/mol. The molecule has 8 heteroatoms. The van der Waals surface area contributed by atoms with Crippen molar-refractivity contribution in [3.63, 3.8) is 0 Å². The summed E-state index contributed by atoms with van der Waals surface area (Å²) in [5.74, 6) is -2.21. The standard InChI is InChI=1S/C22H20O8/c1-9(23)22(28)7-11-14(12(24)8-22)19(26)16-17(21(11)30-3)18(25)10-5-4-6-13(29-2)15(10)20(16)27/h4-6,12,24,26,28H,7-8H2,1-3H3/t12-,22-/m0/s1. The van der Waals surface area contributed by atoms with Gasteiger partial charge in [-0.15, -0.1) is 0 Å². The van der Waals surface area contributed by atoms with Crippen LogP contribution in [0.15, 0.2) is 18.2 Å². The van der Waals surface area contributed by atoms with E-state index in [1.165, 1.54) is 33.3 Å². The fraction of sp³-hybridized carbons (Fsp3) is 0.318. The number of aliphatic hydroxyl groups excluding tert-OH is 1. The summed E-state index contributed by atoms with van der Waals surface area (Å²) in [7, 11) is 2.64. The number of carbonyl (C=O) groups is 3. The first-order chi connectivity index (χ1) is 14.2. The van der Waals surface area contributed by atoms with Crippen LogP contribution in [0.2, 0.25) is 0 Å². The number of rotatable bonds is 3. The largest absolute Gasteiger partial charge is 0.507 e. The summed E-state index contributed by atoms with van der Waals surface area (Å²) in [6, 6.07) is 4.57. The molecule has 0 aliphatic heterocycles. The van der Waals surface area contributed by atoms with E-state index < -0.39 is 34.8 Å². The van der Waals surface area contributed by atoms with Crippen LogP contribution in [0.3, 0.4) is 0 Å². The van der Waals surface area contributed by atoms with E-state index in [1.807, 2.05) is 0 Å². The van der Waals surface area contributed by atoms with E-state index in [-0.39, 0.29) is 57.7 Å². The number of phenols is 1. The number of ketones is 3. The third-order valence-electron chi connectivity index (χ3n) is 5.93. The second-order valence-electron chi connectivity index (χ2n) is 7.55. The molecule has 2 aliphatic rings. The van der Waals surface area contributed by atoms with Crippen molar-refractivity contribution in [3.8, 4) is 17.2 Å². The maximum absolute atomic E-state index is 13.3. The molecule has 0 saturated carbocycles. The predicted molar refractivity (Wildman–Crippen MR) is 103 cm³/mol. The number of fused-ring (bicyclic) bond motifs is 3. The Kier molecular flexibility index (Phi) is 4.44. The summed E-state index contributed by atoms with van der Waals surface area (Å²) in [6.45, 7) is 1.19. The summed E-state index contributed by atoms with van der Waals surface area (Å²) in [4.78, 5) is 38.6. The van der Waals surface area contributed by atoms with Crippen molar-refractivity contribution in [2.24, 2.45) is 0 Å². The number of hydrogen-bond acceptors (Lipinski definition) is 8. The predicted octanol–water partition coefficient (Wildman–Crippen LogP) is 1.48. The van der Waals surface area contributed by atoms with Crippen LogP contribution in [0.1, 0.15) is 62.4 Å². The highest BCUT2D eigenvalue weighted by Crippen LogP contribution is 2.51. The average Bonchev–Trinajstić information content (AvgIpc) is 2.70. The summed E-state index contributed by atoms with van der Waals surface area (Å²) in [5.41, 5.74) is -2.15. The van der Waals surface area contributed by atoms with E-state index in [0.717, 1.165) is 0 Å². The highest BCUT2D eigenvalue weighted by molar-refractivity contribution is 6.31. The Morgan fingerprint density at radius 3 is 2.40 bits per heavy atom. The number of ether oxygens (including phenoxy) is 2. The van der Waals surface area contributed by atoms with Crippen LogP contribution in [-0.4, -0.2) is 52.5 Å². The molecule has 2 aliphatic carbocycles. The summed E-state index contributed by atoms with van der Waals surface area (Å²) in [6.07, 6.45) is -2.07. The second-order valence-corrected chi connectivity index (χ2v) is 7.55. The number of aromatic hydroxyl groups is 1. The number of benzene rings is 2. The van der Waals surface area contributed by atoms with Gasteiger partial charge in [-0.3, -0.25) is 14.4 Å². The molecule has 30 heavy (non-hydrogen) atoms. The number of carbonyl (C=O) groups excluding carboxylic acids is 3. The van der Waals surface area contributed by atoms with Crippen LogP contribution in [0.4, 0.5) is 0 Å². The van der Waals surface area contributed by atoms with E-state index in [0.29, 0.717) is 0 Å². The minimum Gasteiger partial charge on any atom is -0.507 e. The molecule has 2 aromatic carbocycles. The Bertz CT molecular complexity index is 1130. The molecule has 0 fully saturated rings. The number of Topliss-reactive ketones (excluding diaryl/α,β-unsaturated/α-hetero) is 1. The average molecular weight is 412 g/mol. The fourth-order valence-electron chi connectivity index (χ4n) is 4.42. The molecule has 2 aromatic rings. The molecule has 0 amide bonds. The molecule has 0 unspecified atom stereocenters. The molecule has 156 valence electrons. The van der Waals surface area contributed by atoms with Gasteiger partial charge in [0.15, 0.2) is 11.6 Å². The monoisotopic (exact) mass is 412 g/mol. The maximum atomic E-state index is 13.3. The lowest BCUT2D eigenvalue weighted by molar-refractivity contribution is -0.139. The first-order valence-electron chi connectivity index (χ1n) is 9.29. The quantitative estimate of drug-likeness (QED) is 0.590. The van der Waals surface area contributed by atoms with Gasteiger partial charge in [-0.25, -0.2) is 0 Å². The van der Waals surface area contributed by atoms with Gasteiger partial charge in [-0.2, -0.15) is 0 Å². The van der Waals surface area contributed by atoms with Gasteiger partial charge in [0.25, 0.3) is 0 Å². The smallest absolute Gasteiger partial charge is 0.202 e. The van der Waals surface area contributed by atoms with Crippen LogP contribution in [0, 0.1) is 0 Å². The lowest BCUT2D eigenvalue weighted by Crippen LogP contribution is -2.44. The lowest BCUT2D eigenvalue weighted by atomic mass is 9.72. The summed E-state index contributed by atoms with van der Waals surface area (Å²) >= 11 is 0. The molecule has 0 radical (unpaired) electrons.